The molecule has 0 bridgehead atoms. The van der Waals surface area contributed by atoms with E-state index in [0.717, 1.165) is 0 Å². The fourth-order valence-corrected chi connectivity index (χ4v) is 2.08. The van der Waals surface area contributed by atoms with Crippen LogP contribution in [0.1, 0.15) is 16.7 Å². The Morgan fingerprint density at radius 3 is 2.67 bits per heavy atom. The van der Waals surface area contributed by atoms with Crippen LogP contribution >= 0.6 is 0 Å². The molecule has 110 valence electrons. The predicted molar refractivity (Wildman–Crippen MR) is 78.0 cm³/mol. The van der Waals surface area contributed by atoms with Gasteiger partial charge in [-0.3, -0.25) is 10.1 Å². The Morgan fingerprint density at radius 1 is 1.29 bits per heavy atom. The fraction of sp³-hybridized carbons (Fsp3) is 0.200. The molecule has 0 aliphatic heterocycles. The Bertz CT molecular complexity index is 702. The number of phenols is 1. The fourth-order valence-electron chi connectivity index (χ4n) is 2.08. The highest BCUT2D eigenvalue weighted by molar-refractivity contribution is 5.59. The highest BCUT2D eigenvalue weighted by atomic mass is 19.1. The van der Waals surface area contributed by atoms with Crippen LogP contribution < -0.4 is 5.32 Å². The second-order valence-electron chi connectivity index (χ2n) is 4.81. The molecular weight excluding hydrogens is 275 g/mol. The highest BCUT2D eigenvalue weighted by Crippen LogP contribution is 2.27. The van der Waals surface area contributed by atoms with Crippen LogP contribution in [0.3, 0.4) is 0 Å². The molecular formula is C15H15FN2O3. The number of nitrogens with one attached hydrogen (secondary N) is 1. The van der Waals surface area contributed by atoms with Crippen LogP contribution in [0.25, 0.3) is 0 Å². The molecule has 0 aliphatic rings. The zero-order chi connectivity index (χ0) is 15.6. The Balaban J connectivity index is 2.23. The predicted octanol–water partition coefficient (Wildman–Crippen LogP) is 3.67. The summed E-state index contributed by atoms with van der Waals surface area (Å²) < 4.78 is 13.2. The first-order valence-corrected chi connectivity index (χ1v) is 6.36. The van der Waals surface area contributed by atoms with Crippen LogP contribution in [-0.4, -0.2) is 10.0 Å². The number of hydrogen-bond donors (Lipinski definition) is 2. The summed E-state index contributed by atoms with van der Waals surface area (Å²) in [7, 11) is 0. The zero-order valence-corrected chi connectivity index (χ0v) is 11.7. The number of nitro benzene ring substituents is 1. The minimum absolute atomic E-state index is 0.0617. The molecule has 6 heteroatoms. The van der Waals surface area contributed by atoms with E-state index in [1.54, 1.807) is 26.0 Å². The Morgan fingerprint density at radius 2 is 2.00 bits per heavy atom. The van der Waals surface area contributed by atoms with Crippen LogP contribution in [0, 0.1) is 29.8 Å². The van der Waals surface area contributed by atoms with Gasteiger partial charge in [-0.2, -0.15) is 0 Å². The lowest BCUT2D eigenvalue weighted by Crippen LogP contribution is -2.03. The molecule has 2 rings (SSSR count). The van der Waals surface area contributed by atoms with Gasteiger partial charge in [0.15, 0.2) is 11.6 Å². The van der Waals surface area contributed by atoms with E-state index in [1.807, 2.05) is 0 Å². The van der Waals surface area contributed by atoms with Gasteiger partial charge in [-0.05, 0) is 31.5 Å². The third-order valence-corrected chi connectivity index (χ3v) is 3.28. The molecule has 0 unspecified atom stereocenters. The van der Waals surface area contributed by atoms with Crippen molar-refractivity contribution in [1.82, 2.24) is 0 Å². The number of aromatic hydroxyl groups is 1. The average molecular weight is 290 g/mol. The molecule has 0 heterocycles. The van der Waals surface area contributed by atoms with E-state index >= 15 is 0 Å². The van der Waals surface area contributed by atoms with Gasteiger partial charge in [-0.15, -0.1) is 0 Å². The number of para-hydroxylation sites is 1. The molecule has 0 aliphatic carbocycles. The number of rotatable bonds is 4. The molecule has 2 aromatic rings. The maximum atomic E-state index is 13.2. The van der Waals surface area contributed by atoms with Crippen LogP contribution in [0.5, 0.6) is 5.75 Å². The molecule has 0 fully saturated rings. The van der Waals surface area contributed by atoms with Crippen molar-refractivity contribution in [1.29, 1.82) is 0 Å². The lowest BCUT2D eigenvalue weighted by Gasteiger charge is -2.12. The van der Waals surface area contributed by atoms with Crippen molar-refractivity contribution in [3.63, 3.8) is 0 Å². The van der Waals surface area contributed by atoms with E-state index < -0.39 is 10.7 Å². The lowest BCUT2D eigenvalue weighted by atomic mass is 10.1. The average Bonchev–Trinajstić information content (AvgIpc) is 2.43. The Labute approximate surface area is 121 Å². The zero-order valence-electron chi connectivity index (χ0n) is 11.7. The minimum Gasteiger partial charge on any atom is -0.505 e. The van der Waals surface area contributed by atoms with Crippen molar-refractivity contribution in [2.45, 2.75) is 20.4 Å². The van der Waals surface area contributed by atoms with E-state index in [1.165, 1.54) is 18.2 Å². The van der Waals surface area contributed by atoms with Crippen LogP contribution in [-0.2, 0) is 6.54 Å². The van der Waals surface area contributed by atoms with Gasteiger partial charge < -0.3 is 10.4 Å². The van der Waals surface area contributed by atoms with Crippen molar-refractivity contribution >= 4 is 11.4 Å². The van der Waals surface area contributed by atoms with Crippen LogP contribution in [0.15, 0.2) is 30.3 Å². The van der Waals surface area contributed by atoms with E-state index in [9.17, 15) is 19.6 Å². The maximum Gasteiger partial charge on any atom is 0.272 e. The van der Waals surface area contributed by atoms with Gasteiger partial charge in [-0.25, -0.2) is 4.39 Å². The summed E-state index contributed by atoms with van der Waals surface area (Å²) >= 11 is 0. The molecule has 2 N–H and O–H groups in total. The topological polar surface area (TPSA) is 75.4 Å². The lowest BCUT2D eigenvalue weighted by molar-refractivity contribution is -0.385. The molecule has 5 nitrogen and oxygen atoms in total. The minimum atomic E-state index is -0.675. The third-order valence-electron chi connectivity index (χ3n) is 3.28. The molecule has 0 amide bonds. The number of benzene rings is 2. The molecule has 0 saturated heterocycles. The molecule has 0 spiro atoms. The normalized spacial score (nSPS) is 10.4. The number of halogens is 1. The summed E-state index contributed by atoms with van der Waals surface area (Å²) in [4.78, 5) is 10.4. The molecule has 2 aromatic carbocycles. The summed E-state index contributed by atoms with van der Waals surface area (Å²) in [6.45, 7) is 3.63. The second-order valence-corrected chi connectivity index (χ2v) is 4.81. The first kappa shape index (κ1) is 14.8. The number of anilines is 1. The van der Waals surface area contributed by atoms with E-state index in [4.69, 9.17) is 0 Å². The van der Waals surface area contributed by atoms with Crippen LogP contribution in [0.2, 0.25) is 0 Å². The summed E-state index contributed by atoms with van der Waals surface area (Å²) in [5, 5.41) is 23.5. The van der Waals surface area contributed by atoms with Crippen molar-refractivity contribution in [3.05, 3.63) is 63.0 Å². The number of aryl methyl sites for hydroxylation is 2. The van der Waals surface area contributed by atoms with E-state index in [-0.39, 0.29) is 18.0 Å². The Hall–Kier alpha value is -2.63. The molecule has 21 heavy (non-hydrogen) atoms. The summed E-state index contributed by atoms with van der Waals surface area (Å²) in [5.41, 5.74) is 2.44. The number of nitrogens with zero attached hydrogens (tertiary/aromatic N) is 1. The first-order chi connectivity index (χ1) is 9.90. The van der Waals surface area contributed by atoms with Gasteiger partial charge in [0.1, 0.15) is 0 Å². The van der Waals surface area contributed by atoms with E-state index in [0.29, 0.717) is 22.4 Å². The quantitative estimate of drug-likeness (QED) is 0.665. The largest absolute Gasteiger partial charge is 0.505 e. The first-order valence-electron chi connectivity index (χ1n) is 6.36. The maximum absolute atomic E-state index is 13.2. The summed E-state index contributed by atoms with van der Waals surface area (Å²) in [6.07, 6.45) is 0. The standard InChI is InChI=1S/C15H15FN2O3/c1-9-7-14(18(20)21)10(2)6-13(9)17-8-11-4-3-5-12(16)15(11)19/h3-7,17,19H,8H2,1-2H3. The van der Waals surface area contributed by atoms with Crippen molar-refractivity contribution in [3.8, 4) is 5.75 Å². The molecule has 0 radical (unpaired) electrons. The summed E-state index contributed by atoms with van der Waals surface area (Å²) in [6, 6.07) is 7.46. The van der Waals surface area contributed by atoms with E-state index in [2.05, 4.69) is 5.32 Å². The van der Waals surface area contributed by atoms with Crippen molar-refractivity contribution in [2.75, 3.05) is 5.32 Å². The molecule has 0 saturated carbocycles. The molecule has 0 atom stereocenters. The van der Waals surface area contributed by atoms with Gasteiger partial charge in [0.2, 0.25) is 0 Å². The molecule has 0 aromatic heterocycles. The van der Waals surface area contributed by atoms with Gasteiger partial charge in [0, 0.05) is 29.4 Å². The third kappa shape index (κ3) is 3.10. The number of phenolic OH excluding ortho intramolecular Hbond substituents is 1. The number of hydrogen-bond acceptors (Lipinski definition) is 4. The monoisotopic (exact) mass is 290 g/mol. The number of nitro groups is 1. The van der Waals surface area contributed by atoms with Gasteiger partial charge in [0.25, 0.3) is 5.69 Å². The van der Waals surface area contributed by atoms with Crippen molar-refractivity contribution < 1.29 is 14.4 Å². The second kappa shape index (κ2) is 5.78. The van der Waals surface area contributed by atoms with Crippen molar-refractivity contribution in [2.24, 2.45) is 0 Å². The smallest absolute Gasteiger partial charge is 0.272 e. The SMILES string of the molecule is Cc1cc([N+](=O)[O-])c(C)cc1NCc1cccc(F)c1O. The van der Waals surface area contributed by atoms with Gasteiger partial charge in [-0.1, -0.05) is 12.1 Å². The van der Waals surface area contributed by atoms with Gasteiger partial charge in [0.05, 0.1) is 4.92 Å². The van der Waals surface area contributed by atoms with Crippen LogP contribution in [0.4, 0.5) is 15.8 Å². The summed E-state index contributed by atoms with van der Waals surface area (Å²) in [5.74, 6) is -1.06. The Kier molecular flexibility index (Phi) is 4.07. The van der Waals surface area contributed by atoms with Gasteiger partial charge >= 0.3 is 0 Å². The highest BCUT2D eigenvalue weighted by Gasteiger charge is 2.13.